The lowest BCUT2D eigenvalue weighted by Gasteiger charge is -2.42. The summed E-state index contributed by atoms with van der Waals surface area (Å²) in [5.41, 5.74) is 8.97. The number of imidazole rings is 1. The molecule has 1 saturated heterocycles. The number of nitrogen functional groups attached to an aromatic ring is 1. The number of anilines is 2. The molecule has 0 aliphatic carbocycles. The molecule has 8 nitrogen and oxygen atoms in total. The predicted octanol–water partition coefficient (Wildman–Crippen LogP) is 5.17. The van der Waals surface area contributed by atoms with Crippen molar-refractivity contribution in [1.29, 1.82) is 0 Å². The van der Waals surface area contributed by atoms with Crippen LogP contribution in [0.15, 0.2) is 12.1 Å². The fraction of sp³-hybridized carbons (Fsp3) is 0.667. The van der Waals surface area contributed by atoms with Crippen LogP contribution in [0.4, 0.5) is 20.4 Å². The topological polar surface area (TPSA) is 91.8 Å². The second-order valence-corrected chi connectivity index (χ2v) is 15.4. The van der Waals surface area contributed by atoms with Crippen LogP contribution in [-0.2, 0) is 20.5 Å². The van der Waals surface area contributed by atoms with Gasteiger partial charge in [0.2, 0.25) is 5.95 Å². The number of carbonyl (C=O) groups excluding carboxylic acids is 1. The third kappa shape index (κ3) is 5.62. The molecule has 0 bridgehead atoms. The number of fused-ring (bicyclic) bond motifs is 1. The number of hydrogen-bond acceptors (Lipinski definition) is 6. The molecule has 3 rings (SSSR count). The number of benzene rings is 1. The Labute approximate surface area is 206 Å². The molecule has 2 heterocycles. The van der Waals surface area contributed by atoms with E-state index in [-0.39, 0.29) is 36.4 Å². The number of hydrogen-bond donors (Lipinski definition) is 1. The minimum Gasteiger partial charge on any atom is -0.433 e. The number of morpholine rings is 1. The monoisotopic (exact) mass is 512 g/mol. The molecule has 1 aliphatic heterocycles. The summed E-state index contributed by atoms with van der Waals surface area (Å²) in [7, 11) is -1.98. The molecule has 35 heavy (non-hydrogen) atoms. The van der Waals surface area contributed by atoms with Crippen LogP contribution in [0.25, 0.3) is 11.0 Å². The van der Waals surface area contributed by atoms with Crippen molar-refractivity contribution < 1.29 is 27.5 Å². The van der Waals surface area contributed by atoms with Crippen LogP contribution >= 0.6 is 0 Å². The minimum atomic E-state index is -3.04. The zero-order chi connectivity index (χ0) is 25.9. The van der Waals surface area contributed by atoms with Gasteiger partial charge in [-0.25, -0.2) is 4.98 Å². The van der Waals surface area contributed by atoms with Crippen LogP contribution in [-0.4, -0.2) is 56.8 Å². The molecule has 2 N–H and O–H groups in total. The van der Waals surface area contributed by atoms with Crippen LogP contribution in [0.5, 0.6) is 5.75 Å². The molecular weight excluding hydrogens is 474 g/mol. The van der Waals surface area contributed by atoms with Gasteiger partial charge in [-0.15, -0.1) is 0 Å². The third-order valence-corrected chi connectivity index (χ3v) is 13.1. The molecule has 0 atom stereocenters. The van der Waals surface area contributed by atoms with Crippen molar-refractivity contribution in [2.45, 2.75) is 77.7 Å². The molecule has 0 radical (unpaired) electrons. The Bertz CT molecular complexity index is 1010. The summed E-state index contributed by atoms with van der Waals surface area (Å²) in [5.74, 6) is -0.146. The molecule has 196 valence electrons. The standard InChI is InChI=1S/C24H38F2N4O4Si/c1-15(2)35(16(3)4,17(5)6)33-10-7-8-30-19-13-21(34-23(25)26)20(12-18(19)28-24(30)27)29-9-11-32-14-22(29)31/h12-13,15-17,23H,7-11,14H2,1-6H3,(H2,27,28). The Morgan fingerprint density at radius 3 is 2.37 bits per heavy atom. The van der Waals surface area contributed by atoms with Gasteiger partial charge in [-0.05, 0) is 29.1 Å². The zero-order valence-electron chi connectivity index (χ0n) is 21.5. The van der Waals surface area contributed by atoms with E-state index >= 15 is 0 Å². The number of rotatable bonds is 11. The predicted molar refractivity (Wildman–Crippen MR) is 136 cm³/mol. The molecule has 0 saturated carbocycles. The summed E-state index contributed by atoms with van der Waals surface area (Å²) in [5, 5.41) is 0. The number of carbonyl (C=O) groups is 1. The summed E-state index contributed by atoms with van der Waals surface area (Å²) >= 11 is 0. The van der Waals surface area contributed by atoms with E-state index in [1.165, 1.54) is 11.0 Å². The fourth-order valence-electron chi connectivity index (χ4n) is 5.54. The molecule has 1 amide bonds. The lowest BCUT2D eigenvalue weighted by atomic mass is 10.2. The van der Waals surface area contributed by atoms with Crippen molar-refractivity contribution in [3.8, 4) is 5.75 Å². The normalized spacial score (nSPS) is 15.4. The molecule has 1 aliphatic rings. The molecular formula is C24H38F2N4O4Si. The fourth-order valence-corrected chi connectivity index (χ4v) is 11.0. The highest BCUT2D eigenvalue weighted by Crippen LogP contribution is 2.42. The number of alkyl halides is 2. The number of nitrogens with zero attached hydrogens (tertiary/aromatic N) is 3. The van der Waals surface area contributed by atoms with Crippen LogP contribution in [0.2, 0.25) is 16.6 Å². The third-order valence-electron chi connectivity index (χ3n) is 6.94. The van der Waals surface area contributed by atoms with Gasteiger partial charge in [0.05, 0.1) is 23.3 Å². The Hall–Kier alpha value is -2.24. The number of amides is 1. The average Bonchev–Trinajstić information content (AvgIpc) is 3.06. The van der Waals surface area contributed by atoms with Gasteiger partial charge in [-0.2, -0.15) is 8.78 Å². The maximum atomic E-state index is 13.2. The van der Waals surface area contributed by atoms with Crippen molar-refractivity contribution in [3.05, 3.63) is 12.1 Å². The van der Waals surface area contributed by atoms with Crippen LogP contribution in [0, 0.1) is 0 Å². The van der Waals surface area contributed by atoms with E-state index in [2.05, 4.69) is 46.5 Å². The first-order valence-electron chi connectivity index (χ1n) is 12.3. The van der Waals surface area contributed by atoms with E-state index in [1.54, 1.807) is 10.6 Å². The molecule has 1 aromatic heterocycles. The van der Waals surface area contributed by atoms with E-state index in [0.29, 0.717) is 53.8 Å². The van der Waals surface area contributed by atoms with Crippen molar-refractivity contribution in [2.75, 3.05) is 37.0 Å². The molecule has 0 unspecified atom stereocenters. The summed E-state index contributed by atoms with van der Waals surface area (Å²) in [6.45, 7) is 12.0. The Kier molecular flexibility index (Phi) is 8.76. The Balaban J connectivity index is 1.85. The van der Waals surface area contributed by atoms with Crippen LogP contribution in [0.1, 0.15) is 48.0 Å². The summed E-state index contributed by atoms with van der Waals surface area (Å²) in [6.07, 6.45) is 0.700. The lowest BCUT2D eigenvalue weighted by Crippen LogP contribution is -2.48. The summed E-state index contributed by atoms with van der Waals surface area (Å²) in [6, 6.07) is 3.06. The summed E-state index contributed by atoms with van der Waals surface area (Å²) in [4.78, 5) is 18.1. The summed E-state index contributed by atoms with van der Waals surface area (Å²) < 4.78 is 44.8. The first-order valence-corrected chi connectivity index (χ1v) is 14.4. The maximum Gasteiger partial charge on any atom is 0.387 e. The number of halogens is 2. The lowest BCUT2D eigenvalue weighted by molar-refractivity contribution is -0.125. The SMILES string of the molecule is CC(C)[Si](OCCCn1c(N)nc2cc(N3CCOCC3=O)c(OC(F)F)cc21)(C(C)C)C(C)C. The molecule has 0 spiro atoms. The number of ether oxygens (including phenoxy) is 2. The smallest absolute Gasteiger partial charge is 0.387 e. The van der Waals surface area contributed by atoms with E-state index in [0.717, 1.165) is 0 Å². The first-order chi connectivity index (χ1) is 16.5. The van der Waals surface area contributed by atoms with Gasteiger partial charge in [-0.3, -0.25) is 4.79 Å². The van der Waals surface area contributed by atoms with E-state index in [4.69, 9.17) is 19.6 Å². The van der Waals surface area contributed by atoms with E-state index in [9.17, 15) is 13.6 Å². The largest absolute Gasteiger partial charge is 0.433 e. The van der Waals surface area contributed by atoms with Crippen LogP contribution < -0.4 is 15.4 Å². The van der Waals surface area contributed by atoms with Gasteiger partial charge in [-0.1, -0.05) is 41.5 Å². The minimum absolute atomic E-state index is 0.0917. The second-order valence-electron chi connectivity index (χ2n) is 9.93. The van der Waals surface area contributed by atoms with Crippen molar-refractivity contribution >= 4 is 36.9 Å². The van der Waals surface area contributed by atoms with Gasteiger partial charge < -0.3 is 29.1 Å². The molecule has 1 fully saturated rings. The molecule has 11 heteroatoms. The van der Waals surface area contributed by atoms with Gasteiger partial charge in [0.1, 0.15) is 6.61 Å². The average molecular weight is 513 g/mol. The van der Waals surface area contributed by atoms with Gasteiger partial charge in [0.15, 0.2) is 14.1 Å². The number of aryl methyl sites for hydroxylation is 1. The highest BCUT2D eigenvalue weighted by atomic mass is 28.4. The van der Waals surface area contributed by atoms with Crippen molar-refractivity contribution in [3.63, 3.8) is 0 Å². The van der Waals surface area contributed by atoms with Crippen molar-refractivity contribution in [1.82, 2.24) is 9.55 Å². The van der Waals surface area contributed by atoms with Gasteiger partial charge in [0, 0.05) is 25.8 Å². The first kappa shape index (κ1) is 27.3. The maximum absolute atomic E-state index is 13.2. The van der Waals surface area contributed by atoms with Crippen LogP contribution in [0.3, 0.4) is 0 Å². The quantitative estimate of drug-likeness (QED) is 0.330. The van der Waals surface area contributed by atoms with Crippen molar-refractivity contribution in [2.24, 2.45) is 0 Å². The van der Waals surface area contributed by atoms with E-state index in [1.807, 2.05) is 0 Å². The Morgan fingerprint density at radius 2 is 1.80 bits per heavy atom. The number of aromatic nitrogens is 2. The highest BCUT2D eigenvalue weighted by Gasteiger charge is 2.44. The van der Waals surface area contributed by atoms with E-state index < -0.39 is 14.9 Å². The Morgan fingerprint density at radius 1 is 1.14 bits per heavy atom. The molecule has 2 aromatic rings. The second kappa shape index (κ2) is 11.2. The zero-order valence-corrected chi connectivity index (χ0v) is 22.5. The van der Waals surface area contributed by atoms with Gasteiger partial charge in [0.25, 0.3) is 5.91 Å². The van der Waals surface area contributed by atoms with Gasteiger partial charge >= 0.3 is 6.61 Å². The highest BCUT2D eigenvalue weighted by molar-refractivity contribution is 6.77. The molecule has 1 aromatic carbocycles. The number of nitrogens with two attached hydrogens (primary N) is 1.